The standard InChI is InChI=1S/C18H22N4O2/c1-13-4-2-3-5-17(13)24-10-18(23)22-14-6-7-15(22)9-16(8-14)21-12-19-11-20-21/h2-5,11-12,14-16H,6-10H2,1H3. The Hall–Kier alpha value is -2.37. The zero-order chi connectivity index (χ0) is 16.5. The number of ether oxygens (including phenoxy) is 1. The topological polar surface area (TPSA) is 60.2 Å². The van der Waals surface area contributed by atoms with Crippen LogP contribution in [0.25, 0.3) is 0 Å². The summed E-state index contributed by atoms with van der Waals surface area (Å²) in [5, 5.41) is 4.27. The zero-order valence-electron chi connectivity index (χ0n) is 13.8. The van der Waals surface area contributed by atoms with Gasteiger partial charge in [0, 0.05) is 12.1 Å². The molecule has 6 nitrogen and oxygen atoms in total. The van der Waals surface area contributed by atoms with E-state index in [4.69, 9.17) is 4.74 Å². The summed E-state index contributed by atoms with van der Waals surface area (Å²) in [5.74, 6) is 0.887. The van der Waals surface area contributed by atoms with Gasteiger partial charge in [-0.1, -0.05) is 18.2 Å². The highest BCUT2D eigenvalue weighted by molar-refractivity contribution is 5.79. The lowest BCUT2D eigenvalue weighted by Crippen LogP contribution is -2.48. The number of aromatic nitrogens is 3. The van der Waals surface area contributed by atoms with Crippen LogP contribution >= 0.6 is 0 Å². The van der Waals surface area contributed by atoms with Crippen LogP contribution < -0.4 is 4.74 Å². The largest absolute Gasteiger partial charge is 0.484 e. The maximum atomic E-state index is 12.7. The van der Waals surface area contributed by atoms with Crippen molar-refractivity contribution < 1.29 is 9.53 Å². The van der Waals surface area contributed by atoms with Crippen molar-refractivity contribution in [1.29, 1.82) is 0 Å². The Labute approximate surface area is 141 Å². The van der Waals surface area contributed by atoms with E-state index in [1.54, 1.807) is 12.7 Å². The van der Waals surface area contributed by atoms with Crippen LogP contribution in [0, 0.1) is 6.92 Å². The van der Waals surface area contributed by atoms with Crippen molar-refractivity contribution in [2.45, 2.75) is 50.7 Å². The van der Waals surface area contributed by atoms with Crippen molar-refractivity contribution in [3.8, 4) is 5.75 Å². The van der Waals surface area contributed by atoms with E-state index in [2.05, 4.69) is 15.0 Å². The summed E-state index contributed by atoms with van der Waals surface area (Å²) < 4.78 is 7.70. The van der Waals surface area contributed by atoms with Gasteiger partial charge in [0.25, 0.3) is 5.91 Å². The molecule has 126 valence electrons. The predicted octanol–water partition coefficient (Wildman–Crippen LogP) is 2.36. The molecule has 0 N–H and O–H groups in total. The van der Waals surface area contributed by atoms with E-state index in [-0.39, 0.29) is 12.5 Å². The number of benzene rings is 1. The Morgan fingerprint density at radius 2 is 1.96 bits per heavy atom. The lowest BCUT2D eigenvalue weighted by molar-refractivity contribution is -0.138. The van der Waals surface area contributed by atoms with Crippen molar-refractivity contribution in [2.75, 3.05) is 6.61 Å². The number of para-hydroxylation sites is 1. The van der Waals surface area contributed by atoms with Gasteiger partial charge in [0.05, 0.1) is 6.04 Å². The van der Waals surface area contributed by atoms with Crippen LogP contribution in [0.3, 0.4) is 0 Å². The van der Waals surface area contributed by atoms with Crippen LogP contribution in [0.1, 0.15) is 37.3 Å². The molecule has 4 rings (SSSR count). The highest BCUT2D eigenvalue weighted by Gasteiger charge is 2.43. The molecule has 24 heavy (non-hydrogen) atoms. The zero-order valence-corrected chi connectivity index (χ0v) is 13.8. The second-order valence-electron chi connectivity index (χ2n) is 6.74. The lowest BCUT2D eigenvalue weighted by Gasteiger charge is -2.38. The molecule has 2 unspecified atom stereocenters. The first kappa shape index (κ1) is 15.2. The van der Waals surface area contributed by atoms with Gasteiger partial charge in [0.15, 0.2) is 6.61 Å². The number of hydrogen-bond donors (Lipinski definition) is 0. The average molecular weight is 326 g/mol. The van der Waals surface area contributed by atoms with E-state index >= 15 is 0 Å². The van der Waals surface area contributed by atoms with E-state index in [0.29, 0.717) is 18.1 Å². The SMILES string of the molecule is Cc1ccccc1OCC(=O)N1C2CCC1CC(n1cncn1)C2. The van der Waals surface area contributed by atoms with Crippen LogP contribution in [0.4, 0.5) is 0 Å². The van der Waals surface area contributed by atoms with Crippen LogP contribution in [0.5, 0.6) is 5.75 Å². The number of nitrogens with zero attached hydrogens (tertiary/aromatic N) is 4. The van der Waals surface area contributed by atoms with E-state index < -0.39 is 0 Å². The van der Waals surface area contributed by atoms with Gasteiger partial charge >= 0.3 is 0 Å². The van der Waals surface area contributed by atoms with E-state index in [0.717, 1.165) is 37.0 Å². The first-order valence-electron chi connectivity index (χ1n) is 8.56. The fourth-order valence-corrected chi connectivity index (χ4v) is 4.11. The molecule has 2 bridgehead atoms. The maximum Gasteiger partial charge on any atom is 0.261 e. The average Bonchev–Trinajstić information content (AvgIpc) is 3.21. The third-order valence-electron chi connectivity index (χ3n) is 5.25. The molecule has 2 aliphatic rings. The minimum Gasteiger partial charge on any atom is -0.484 e. The Kier molecular flexibility index (Phi) is 3.96. The lowest BCUT2D eigenvalue weighted by atomic mass is 9.97. The molecule has 6 heteroatoms. The summed E-state index contributed by atoms with van der Waals surface area (Å²) in [4.78, 5) is 18.8. The summed E-state index contributed by atoms with van der Waals surface area (Å²) in [5.41, 5.74) is 1.05. The number of rotatable bonds is 4. The molecule has 2 atom stereocenters. The van der Waals surface area contributed by atoms with Crippen molar-refractivity contribution in [3.63, 3.8) is 0 Å². The summed E-state index contributed by atoms with van der Waals surface area (Å²) >= 11 is 0. The number of fused-ring (bicyclic) bond motifs is 2. The summed E-state index contributed by atoms with van der Waals surface area (Å²) in [6, 6.07) is 8.75. The smallest absolute Gasteiger partial charge is 0.261 e. The molecule has 1 aromatic heterocycles. The van der Waals surface area contributed by atoms with Crippen molar-refractivity contribution in [1.82, 2.24) is 19.7 Å². The third kappa shape index (κ3) is 2.77. The molecule has 1 aromatic carbocycles. The minimum atomic E-state index is 0.0998. The molecular formula is C18H22N4O2. The molecule has 2 fully saturated rings. The monoisotopic (exact) mass is 326 g/mol. The first-order chi connectivity index (χ1) is 11.7. The number of hydrogen-bond acceptors (Lipinski definition) is 4. The fourth-order valence-electron chi connectivity index (χ4n) is 4.11. The van der Waals surface area contributed by atoms with E-state index in [1.165, 1.54) is 0 Å². The fraction of sp³-hybridized carbons (Fsp3) is 0.500. The quantitative estimate of drug-likeness (QED) is 0.865. The number of piperidine rings is 1. The van der Waals surface area contributed by atoms with E-state index in [9.17, 15) is 4.79 Å². The van der Waals surface area contributed by atoms with Crippen LogP contribution in [-0.2, 0) is 4.79 Å². The molecule has 3 heterocycles. The van der Waals surface area contributed by atoms with Crippen LogP contribution in [-0.4, -0.2) is 44.3 Å². The van der Waals surface area contributed by atoms with E-state index in [1.807, 2.05) is 35.9 Å². The Bertz CT molecular complexity index is 702. The predicted molar refractivity (Wildman–Crippen MR) is 88.6 cm³/mol. The van der Waals surface area contributed by atoms with Gasteiger partial charge in [-0.25, -0.2) is 9.67 Å². The molecule has 1 amide bonds. The highest BCUT2D eigenvalue weighted by Crippen LogP contribution is 2.40. The highest BCUT2D eigenvalue weighted by atomic mass is 16.5. The molecule has 0 aliphatic carbocycles. The minimum absolute atomic E-state index is 0.0998. The Morgan fingerprint density at radius 3 is 2.62 bits per heavy atom. The van der Waals surface area contributed by atoms with Crippen molar-refractivity contribution in [2.24, 2.45) is 0 Å². The van der Waals surface area contributed by atoms with Gasteiger partial charge in [0.2, 0.25) is 0 Å². The Morgan fingerprint density at radius 1 is 1.21 bits per heavy atom. The molecule has 2 saturated heterocycles. The second-order valence-corrected chi connectivity index (χ2v) is 6.74. The first-order valence-corrected chi connectivity index (χ1v) is 8.56. The summed E-state index contributed by atoms with van der Waals surface area (Å²) in [6.45, 7) is 2.11. The van der Waals surface area contributed by atoms with Crippen LogP contribution in [0.2, 0.25) is 0 Å². The van der Waals surface area contributed by atoms with Gasteiger partial charge in [-0.2, -0.15) is 5.10 Å². The normalized spacial score (nSPS) is 25.7. The molecule has 0 radical (unpaired) electrons. The summed E-state index contributed by atoms with van der Waals surface area (Å²) in [7, 11) is 0. The van der Waals surface area contributed by atoms with Crippen molar-refractivity contribution >= 4 is 5.91 Å². The second kappa shape index (κ2) is 6.26. The van der Waals surface area contributed by atoms with Crippen molar-refractivity contribution in [3.05, 3.63) is 42.5 Å². The maximum absolute atomic E-state index is 12.7. The Balaban J connectivity index is 1.40. The van der Waals surface area contributed by atoms with Crippen LogP contribution in [0.15, 0.2) is 36.9 Å². The molecule has 0 saturated carbocycles. The number of carbonyl (C=O) groups excluding carboxylic acids is 1. The van der Waals surface area contributed by atoms with Gasteiger partial charge in [-0.3, -0.25) is 4.79 Å². The molecular weight excluding hydrogens is 304 g/mol. The van der Waals surface area contributed by atoms with Gasteiger partial charge in [-0.05, 0) is 44.2 Å². The van der Waals surface area contributed by atoms with Gasteiger partial charge < -0.3 is 9.64 Å². The van der Waals surface area contributed by atoms with Gasteiger partial charge in [-0.15, -0.1) is 0 Å². The number of aryl methyl sites for hydroxylation is 1. The third-order valence-corrected chi connectivity index (χ3v) is 5.25. The summed E-state index contributed by atoms with van der Waals surface area (Å²) in [6.07, 6.45) is 7.42. The molecule has 0 spiro atoms. The van der Waals surface area contributed by atoms with Gasteiger partial charge in [0.1, 0.15) is 18.4 Å². The number of carbonyl (C=O) groups is 1. The molecule has 2 aromatic rings. The number of amides is 1. The molecule has 2 aliphatic heterocycles.